The molecular formula is C18H15BrN2O. The quantitative estimate of drug-likeness (QED) is 0.713. The van der Waals surface area contributed by atoms with Crippen LogP contribution in [0, 0.1) is 13.8 Å². The second kappa shape index (κ2) is 5.89. The smallest absolute Gasteiger partial charge is 0.257 e. The van der Waals surface area contributed by atoms with Crippen molar-refractivity contribution in [2.24, 2.45) is 0 Å². The molecule has 110 valence electrons. The Morgan fingerprint density at radius 3 is 2.68 bits per heavy atom. The number of hydrogen-bond donors (Lipinski definition) is 1. The Morgan fingerprint density at radius 2 is 1.91 bits per heavy atom. The van der Waals surface area contributed by atoms with Crippen LogP contribution < -0.4 is 5.32 Å². The molecule has 22 heavy (non-hydrogen) atoms. The Morgan fingerprint density at radius 1 is 1.09 bits per heavy atom. The molecule has 3 aromatic rings. The fraction of sp³-hybridized carbons (Fsp3) is 0.111. The van der Waals surface area contributed by atoms with Gasteiger partial charge in [0.2, 0.25) is 0 Å². The number of carbonyl (C=O) groups is 1. The van der Waals surface area contributed by atoms with E-state index in [0.29, 0.717) is 5.56 Å². The second-order valence-electron chi connectivity index (χ2n) is 5.28. The zero-order chi connectivity index (χ0) is 15.7. The number of hydrogen-bond acceptors (Lipinski definition) is 2. The zero-order valence-corrected chi connectivity index (χ0v) is 13.9. The lowest BCUT2D eigenvalue weighted by Gasteiger charge is -2.09. The fourth-order valence-corrected chi connectivity index (χ4v) is 2.79. The van der Waals surface area contributed by atoms with Crippen molar-refractivity contribution in [3.63, 3.8) is 0 Å². The van der Waals surface area contributed by atoms with E-state index >= 15 is 0 Å². The predicted octanol–water partition coefficient (Wildman–Crippen LogP) is 4.87. The predicted molar refractivity (Wildman–Crippen MR) is 93.3 cm³/mol. The van der Waals surface area contributed by atoms with E-state index < -0.39 is 0 Å². The van der Waals surface area contributed by atoms with Gasteiger partial charge < -0.3 is 5.32 Å². The van der Waals surface area contributed by atoms with Crippen molar-refractivity contribution in [2.75, 3.05) is 5.32 Å². The van der Waals surface area contributed by atoms with Gasteiger partial charge in [-0.2, -0.15) is 0 Å². The number of anilines is 1. The van der Waals surface area contributed by atoms with Crippen LogP contribution >= 0.6 is 15.9 Å². The summed E-state index contributed by atoms with van der Waals surface area (Å²) < 4.78 is 0.925. The van der Waals surface area contributed by atoms with Gasteiger partial charge >= 0.3 is 0 Å². The number of rotatable bonds is 2. The zero-order valence-electron chi connectivity index (χ0n) is 12.4. The summed E-state index contributed by atoms with van der Waals surface area (Å²) >= 11 is 3.40. The van der Waals surface area contributed by atoms with Crippen LogP contribution in [0.4, 0.5) is 5.69 Å². The van der Waals surface area contributed by atoms with Gasteiger partial charge in [-0.25, -0.2) is 0 Å². The first-order valence-corrected chi connectivity index (χ1v) is 7.77. The van der Waals surface area contributed by atoms with Crippen LogP contribution in [0.15, 0.2) is 53.0 Å². The Bertz CT molecular complexity index is 874. The summed E-state index contributed by atoms with van der Waals surface area (Å²) in [6.45, 7) is 3.88. The number of carbonyl (C=O) groups excluding carboxylic acids is 1. The minimum Gasteiger partial charge on any atom is -0.322 e. The van der Waals surface area contributed by atoms with E-state index in [-0.39, 0.29) is 5.91 Å². The first kappa shape index (κ1) is 14.7. The number of amides is 1. The SMILES string of the molecule is Cc1ccc2nc(C)c(C(=O)Nc3cccc(Br)c3)cc2c1. The summed E-state index contributed by atoms with van der Waals surface area (Å²) in [6.07, 6.45) is 0. The lowest BCUT2D eigenvalue weighted by Crippen LogP contribution is -2.14. The molecule has 0 aliphatic rings. The van der Waals surface area contributed by atoms with Crippen LogP contribution in [0.1, 0.15) is 21.6 Å². The molecule has 4 heteroatoms. The Kier molecular flexibility index (Phi) is 3.94. The van der Waals surface area contributed by atoms with E-state index in [1.807, 2.05) is 62.4 Å². The van der Waals surface area contributed by atoms with Gasteiger partial charge in [-0.3, -0.25) is 9.78 Å². The number of pyridine rings is 1. The summed E-state index contributed by atoms with van der Waals surface area (Å²) in [5.41, 5.74) is 4.13. The van der Waals surface area contributed by atoms with E-state index in [9.17, 15) is 4.79 Å². The van der Waals surface area contributed by atoms with Gasteiger partial charge in [0.1, 0.15) is 0 Å². The molecule has 1 N–H and O–H groups in total. The third kappa shape index (κ3) is 3.02. The highest BCUT2D eigenvalue weighted by Crippen LogP contribution is 2.20. The van der Waals surface area contributed by atoms with Crippen molar-refractivity contribution in [3.05, 3.63) is 69.8 Å². The molecule has 1 heterocycles. The summed E-state index contributed by atoms with van der Waals surface area (Å²) in [5, 5.41) is 3.89. The number of aryl methyl sites for hydroxylation is 2. The highest BCUT2D eigenvalue weighted by Gasteiger charge is 2.12. The monoisotopic (exact) mass is 354 g/mol. The number of benzene rings is 2. The van der Waals surface area contributed by atoms with Crippen molar-refractivity contribution < 1.29 is 4.79 Å². The molecule has 3 rings (SSSR count). The molecule has 2 aromatic carbocycles. The highest BCUT2D eigenvalue weighted by atomic mass is 79.9. The lowest BCUT2D eigenvalue weighted by molar-refractivity contribution is 0.102. The third-order valence-corrected chi connectivity index (χ3v) is 3.98. The second-order valence-corrected chi connectivity index (χ2v) is 6.20. The van der Waals surface area contributed by atoms with Crippen molar-refractivity contribution in [1.82, 2.24) is 4.98 Å². The summed E-state index contributed by atoms with van der Waals surface area (Å²) in [5.74, 6) is -0.147. The van der Waals surface area contributed by atoms with Crippen molar-refractivity contribution >= 4 is 38.4 Å². The van der Waals surface area contributed by atoms with E-state index in [2.05, 4.69) is 26.2 Å². The average Bonchev–Trinajstić information content (AvgIpc) is 2.47. The van der Waals surface area contributed by atoms with Gasteiger partial charge in [-0.1, -0.05) is 33.6 Å². The van der Waals surface area contributed by atoms with Crippen LogP contribution in [0.3, 0.4) is 0 Å². The van der Waals surface area contributed by atoms with Crippen LogP contribution in [0.25, 0.3) is 10.9 Å². The lowest BCUT2D eigenvalue weighted by atomic mass is 10.1. The van der Waals surface area contributed by atoms with Gasteiger partial charge in [0.15, 0.2) is 0 Å². The molecule has 0 radical (unpaired) electrons. The molecule has 0 aliphatic heterocycles. The molecule has 1 aromatic heterocycles. The number of halogens is 1. The standard InChI is InChI=1S/C18H15BrN2O/c1-11-6-7-17-13(8-11)9-16(12(2)20-17)18(22)21-15-5-3-4-14(19)10-15/h3-10H,1-2H3,(H,21,22). The summed E-state index contributed by atoms with van der Waals surface area (Å²) in [6, 6.07) is 15.5. The van der Waals surface area contributed by atoms with Gasteiger partial charge in [0, 0.05) is 15.5 Å². The molecule has 0 unspecified atom stereocenters. The maximum Gasteiger partial charge on any atom is 0.257 e. The first-order valence-electron chi connectivity index (χ1n) is 6.98. The molecule has 0 atom stereocenters. The minimum absolute atomic E-state index is 0.147. The molecule has 3 nitrogen and oxygen atoms in total. The minimum atomic E-state index is -0.147. The number of fused-ring (bicyclic) bond motifs is 1. The topological polar surface area (TPSA) is 42.0 Å². The summed E-state index contributed by atoms with van der Waals surface area (Å²) in [7, 11) is 0. The highest BCUT2D eigenvalue weighted by molar-refractivity contribution is 9.10. The molecular weight excluding hydrogens is 340 g/mol. The van der Waals surface area contributed by atoms with E-state index in [0.717, 1.165) is 32.3 Å². The maximum atomic E-state index is 12.5. The Labute approximate surface area is 137 Å². The van der Waals surface area contributed by atoms with Crippen LogP contribution in [-0.2, 0) is 0 Å². The fourth-order valence-electron chi connectivity index (χ4n) is 2.39. The van der Waals surface area contributed by atoms with E-state index in [1.54, 1.807) is 0 Å². The number of aromatic nitrogens is 1. The summed E-state index contributed by atoms with van der Waals surface area (Å²) in [4.78, 5) is 17.0. The molecule has 0 bridgehead atoms. The van der Waals surface area contributed by atoms with Gasteiger partial charge in [0.25, 0.3) is 5.91 Å². The van der Waals surface area contributed by atoms with Gasteiger partial charge in [-0.15, -0.1) is 0 Å². The van der Waals surface area contributed by atoms with Crippen LogP contribution in [-0.4, -0.2) is 10.9 Å². The normalized spacial score (nSPS) is 10.7. The molecule has 0 fully saturated rings. The van der Waals surface area contributed by atoms with Crippen molar-refractivity contribution in [2.45, 2.75) is 13.8 Å². The number of nitrogens with zero attached hydrogens (tertiary/aromatic N) is 1. The average molecular weight is 355 g/mol. The van der Waals surface area contributed by atoms with E-state index in [4.69, 9.17) is 0 Å². The van der Waals surface area contributed by atoms with Crippen molar-refractivity contribution in [3.8, 4) is 0 Å². The Balaban J connectivity index is 1.98. The van der Waals surface area contributed by atoms with Gasteiger partial charge in [-0.05, 0) is 50.2 Å². The molecule has 0 spiro atoms. The third-order valence-electron chi connectivity index (χ3n) is 3.49. The van der Waals surface area contributed by atoms with Crippen LogP contribution in [0.5, 0.6) is 0 Å². The number of nitrogens with one attached hydrogen (secondary N) is 1. The van der Waals surface area contributed by atoms with Crippen molar-refractivity contribution in [1.29, 1.82) is 0 Å². The van der Waals surface area contributed by atoms with Crippen LogP contribution in [0.2, 0.25) is 0 Å². The molecule has 1 amide bonds. The van der Waals surface area contributed by atoms with E-state index in [1.165, 1.54) is 0 Å². The Hall–Kier alpha value is -2.20. The van der Waals surface area contributed by atoms with Gasteiger partial charge in [0.05, 0.1) is 16.8 Å². The molecule has 0 saturated heterocycles. The first-order chi connectivity index (χ1) is 10.5. The maximum absolute atomic E-state index is 12.5. The molecule has 0 aliphatic carbocycles. The largest absolute Gasteiger partial charge is 0.322 e. The molecule has 0 saturated carbocycles.